The number of ether oxygens (including phenoxy) is 1. The van der Waals surface area contributed by atoms with Crippen LogP contribution in [0.4, 0.5) is 13.2 Å². The van der Waals surface area contributed by atoms with Crippen LogP contribution in [0.15, 0.2) is 42.6 Å². The topological polar surface area (TPSA) is 21.3 Å². The fourth-order valence-corrected chi connectivity index (χ4v) is 1.78. The molecule has 0 amide bonds. The molecule has 1 aromatic carbocycles. The van der Waals surface area contributed by atoms with Gasteiger partial charge in [0.1, 0.15) is 5.75 Å². The van der Waals surface area contributed by atoms with Gasteiger partial charge in [-0.25, -0.2) is 0 Å². The van der Waals surface area contributed by atoms with Gasteiger partial charge in [0.15, 0.2) is 6.61 Å². The van der Waals surface area contributed by atoms with Crippen LogP contribution in [-0.2, 0) is 0 Å². The maximum Gasteiger partial charge on any atom is 0.422 e. The Kier molecular flexibility index (Phi) is 3.83. The second-order valence-corrected chi connectivity index (χ2v) is 4.31. The summed E-state index contributed by atoms with van der Waals surface area (Å²) >= 11 is 0. The van der Waals surface area contributed by atoms with Gasteiger partial charge in [-0.05, 0) is 42.7 Å². The molecule has 0 aliphatic carbocycles. The second kappa shape index (κ2) is 5.38. The van der Waals surface area contributed by atoms with Crippen molar-refractivity contribution in [3.8, 4) is 5.75 Å². The van der Waals surface area contributed by atoms with E-state index >= 15 is 0 Å². The molecule has 5 heteroatoms. The van der Waals surface area contributed by atoms with E-state index in [2.05, 4.69) is 16.6 Å². The van der Waals surface area contributed by atoms with Gasteiger partial charge < -0.3 is 10.1 Å². The SMILES string of the molecule is C=C1CCC=C(c2ccc(OCC(F)(F)F)cc2)N1. The largest absolute Gasteiger partial charge is 0.484 e. The van der Waals surface area contributed by atoms with E-state index in [-0.39, 0.29) is 5.75 Å². The van der Waals surface area contributed by atoms with Gasteiger partial charge in [0.25, 0.3) is 0 Å². The Bertz CT molecular complexity index is 488. The second-order valence-electron chi connectivity index (χ2n) is 4.31. The van der Waals surface area contributed by atoms with Crippen LogP contribution in [0, 0.1) is 0 Å². The molecule has 1 aliphatic rings. The maximum absolute atomic E-state index is 12.0. The summed E-state index contributed by atoms with van der Waals surface area (Å²) in [5, 5.41) is 3.15. The van der Waals surface area contributed by atoms with Crippen molar-refractivity contribution in [1.29, 1.82) is 0 Å². The van der Waals surface area contributed by atoms with Gasteiger partial charge >= 0.3 is 6.18 Å². The molecule has 102 valence electrons. The van der Waals surface area contributed by atoms with Crippen molar-refractivity contribution >= 4 is 5.70 Å². The summed E-state index contributed by atoms with van der Waals surface area (Å²) in [6.45, 7) is 2.59. The van der Waals surface area contributed by atoms with Crippen LogP contribution >= 0.6 is 0 Å². The fourth-order valence-electron chi connectivity index (χ4n) is 1.78. The first-order chi connectivity index (χ1) is 8.94. The molecule has 1 aromatic rings. The molecule has 2 nitrogen and oxygen atoms in total. The molecule has 0 atom stereocenters. The monoisotopic (exact) mass is 269 g/mol. The maximum atomic E-state index is 12.0. The van der Waals surface area contributed by atoms with Crippen LogP contribution in [0.1, 0.15) is 18.4 Å². The smallest absolute Gasteiger partial charge is 0.422 e. The van der Waals surface area contributed by atoms with Crippen LogP contribution in [0.2, 0.25) is 0 Å². The summed E-state index contributed by atoms with van der Waals surface area (Å²) in [5.41, 5.74) is 2.77. The van der Waals surface area contributed by atoms with Gasteiger partial charge in [-0.2, -0.15) is 13.2 Å². The Labute approximate surface area is 109 Å². The lowest BCUT2D eigenvalue weighted by Gasteiger charge is -2.18. The Hall–Kier alpha value is -1.91. The third-order valence-corrected chi connectivity index (χ3v) is 2.67. The van der Waals surface area contributed by atoms with Crippen LogP contribution in [0.5, 0.6) is 5.75 Å². The molecule has 0 spiro atoms. The number of rotatable bonds is 3. The highest BCUT2D eigenvalue weighted by Crippen LogP contribution is 2.23. The standard InChI is InChI=1S/C14H14F3NO/c1-10-3-2-4-13(18-10)11-5-7-12(8-6-11)19-9-14(15,16)17/h4-8,18H,1-3,9H2. The molecule has 0 radical (unpaired) electrons. The predicted molar refractivity (Wildman–Crippen MR) is 67.5 cm³/mol. The highest BCUT2D eigenvalue weighted by molar-refractivity contribution is 5.66. The van der Waals surface area contributed by atoms with Gasteiger partial charge in [0, 0.05) is 11.4 Å². The highest BCUT2D eigenvalue weighted by Gasteiger charge is 2.28. The summed E-state index contributed by atoms with van der Waals surface area (Å²) in [6, 6.07) is 6.51. The molecule has 0 saturated carbocycles. The molecule has 2 rings (SSSR count). The normalized spacial score (nSPS) is 15.7. The molecule has 19 heavy (non-hydrogen) atoms. The van der Waals surface area contributed by atoms with Crippen LogP contribution < -0.4 is 10.1 Å². The van der Waals surface area contributed by atoms with Crippen molar-refractivity contribution in [3.63, 3.8) is 0 Å². The quantitative estimate of drug-likeness (QED) is 0.899. The molecule has 1 heterocycles. The number of alkyl halides is 3. The Morgan fingerprint density at radius 3 is 2.47 bits per heavy atom. The number of hydrogen-bond acceptors (Lipinski definition) is 2. The van der Waals surface area contributed by atoms with E-state index in [0.29, 0.717) is 0 Å². The molecular formula is C14H14F3NO. The zero-order valence-corrected chi connectivity index (χ0v) is 10.3. The van der Waals surface area contributed by atoms with Crippen LogP contribution in [-0.4, -0.2) is 12.8 Å². The number of hydrogen-bond donors (Lipinski definition) is 1. The number of halogens is 3. The van der Waals surface area contributed by atoms with Gasteiger partial charge in [0.05, 0.1) is 0 Å². The average molecular weight is 269 g/mol. The van der Waals surface area contributed by atoms with E-state index < -0.39 is 12.8 Å². The predicted octanol–water partition coefficient (Wildman–Crippen LogP) is 3.87. The van der Waals surface area contributed by atoms with Gasteiger partial charge in [-0.15, -0.1) is 0 Å². The first kappa shape index (κ1) is 13.5. The molecule has 0 saturated heterocycles. The first-order valence-electron chi connectivity index (χ1n) is 5.89. The molecule has 0 unspecified atom stereocenters. The number of nitrogens with one attached hydrogen (secondary N) is 1. The average Bonchev–Trinajstić information content (AvgIpc) is 2.36. The molecule has 1 N–H and O–H groups in total. The Balaban J connectivity index is 2.02. The van der Waals surface area contributed by atoms with Gasteiger partial charge in [-0.1, -0.05) is 12.7 Å². The van der Waals surface area contributed by atoms with Crippen LogP contribution in [0.3, 0.4) is 0 Å². The molecule has 0 fully saturated rings. The van der Waals surface area contributed by atoms with Gasteiger partial charge in [-0.3, -0.25) is 0 Å². The minimum absolute atomic E-state index is 0.205. The third kappa shape index (κ3) is 4.05. The van der Waals surface area contributed by atoms with E-state index in [1.54, 1.807) is 12.1 Å². The lowest BCUT2D eigenvalue weighted by molar-refractivity contribution is -0.153. The third-order valence-electron chi connectivity index (χ3n) is 2.67. The van der Waals surface area contributed by atoms with Crippen molar-refractivity contribution in [1.82, 2.24) is 5.32 Å². The molecule has 1 aliphatic heterocycles. The van der Waals surface area contributed by atoms with E-state index in [1.165, 1.54) is 12.1 Å². The number of allylic oxidation sites excluding steroid dienone is 2. The van der Waals surface area contributed by atoms with E-state index in [9.17, 15) is 13.2 Å². The summed E-state index contributed by atoms with van der Waals surface area (Å²) in [5.74, 6) is 0.205. The van der Waals surface area contributed by atoms with E-state index in [0.717, 1.165) is 29.8 Å². The van der Waals surface area contributed by atoms with E-state index in [1.807, 2.05) is 6.08 Å². The molecular weight excluding hydrogens is 255 g/mol. The molecule has 0 aromatic heterocycles. The van der Waals surface area contributed by atoms with Crippen molar-refractivity contribution in [3.05, 3.63) is 48.2 Å². The van der Waals surface area contributed by atoms with Crippen molar-refractivity contribution in [2.45, 2.75) is 19.0 Å². The zero-order chi connectivity index (χ0) is 13.9. The van der Waals surface area contributed by atoms with E-state index in [4.69, 9.17) is 0 Å². The minimum atomic E-state index is -4.32. The zero-order valence-electron chi connectivity index (χ0n) is 10.3. The van der Waals surface area contributed by atoms with Crippen LogP contribution in [0.25, 0.3) is 5.70 Å². The lowest BCUT2D eigenvalue weighted by Crippen LogP contribution is -2.19. The number of benzene rings is 1. The van der Waals surface area contributed by atoms with Gasteiger partial charge in [0.2, 0.25) is 0 Å². The summed E-state index contributed by atoms with van der Waals surface area (Å²) in [6.07, 6.45) is -0.464. The fraction of sp³-hybridized carbons (Fsp3) is 0.286. The first-order valence-corrected chi connectivity index (χ1v) is 5.89. The summed E-state index contributed by atoms with van der Waals surface area (Å²) in [4.78, 5) is 0. The Morgan fingerprint density at radius 1 is 1.21 bits per heavy atom. The summed E-state index contributed by atoms with van der Waals surface area (Å²) < 4.78 is 40.7. The lowest BCUT2D eigenvalue weighted by atomic mass is 10.1. The minimum Gasteiger partial charge on any atom is -0.484 e. The van der Waals surface area contributed by atoms with Crippen molar-refractivity contribution in [2.24, 2.45) is 0 Å². The summed E-state index contributed by atoms with van der Waals surface area (Å²) in [7, 11) is 0. The highest BCUT2D eigenvalue weighted by atomic mass is 19.4. The van der Waals surface area contributed by atoms with Crippen molar-refractivity contribution in [2.75, 3.05) is 6.61 Å². The van der Waals surface area contributed by atoms with Crippen molar-refractivity contribution < 1.29 is 17.9 Å². The molecule has 0 bridgehead atoms. The Morgan fingerprint density at radius 2 is 1.89 bits per heavy atom.